The largest absolute Gasteiger partial charge is 0.477 e. The number of halogens is 3. The van der Waals surface area contributed by atoms with Crippen molar-refractivity contribution < 1.29 is 27.8 Å². The second-order valence-electron chi connectivity index (χ2n) is 4.95. The first-order valence-corrected chi connectivity index (χ1v) is 6.20. The predicted octanol–water partition coefficient (Wildman–Crippen LogP) is 3.22. The van der Waals surface area contributed by atoms with Crippen molar-refractivity contribution in [2.45, 2.75) is 39.0 Å². The molecular weight excluding hydrogens is 283 g/mol. The van der Waals surface area contributed by atoms with E-state index in [0.717, 1.165) is 11.3 Å². The van der Waals surface area contributed by atoms with E-state index in [0.29, 0.717) is 5.69 Å². The number of aromatic nitrogens is 1. The Kier molecular flexibility index (Phi) is 4.57. The van der Waals surface area contributed by atoms with Crippen molar-refractivity contribution in [1.29, 1.82) is 0 Å². The quantitative estimate of drug-likeness (QED) is 0.927. The molecule has 108 valence electrons. The normalized spacial score (nSPS) is 12.7. The van der Waals surface area contributed by atoms with Crippen LogP contribution in [0.5, 0.6) is 0 Å². The maximum Gasteiger partial charge on any atom is 0.411 e. The molecular formula is C11H14F3NO3S. The van der Waals surface area contributed by atoms with E-state index >= 15 is 0 Å². The molecule has 0 saturated heterocycles. The van der Waals surface area contributed by atoms with E-state index in [1.807, 2.05) is 0 Å². The number of ether oxygens (including phenoxy) is 1. The van der Waals surface area contributed by atoms with Crippen LogP contribution in [0.4, 0.5) is 13.2 Å². The van der Waals surface area contributed by atoms with E-state index in [2.05, 4.69) is 9.72 Å². The van der Waals surface area contributed by atoms with Gasteiger partial charge in [0.15, 0.2) is 0 Å². The van der Waals surface area contributed by atoms with Gasteiger partial charge in [-0.2, -0.15) is 13.2 Å². The molecule has 0 aromatic carbocycles. The number of rotatable bonds is 4. The third-order valence-corrected chi connectivity index (χ3v) is 3.08. The summed E-state index contributed by atoms with van der Waals surface area (Å²) in [5.74, 6) is -1.13. The molecule has 8 heteroatoms. The van der Waals surface area contributed by atoms with E-state index in [9.17, 15) is 18.0 Å². The van der Waals surface area contributed by atoms with Gasteiger partial charge < -0.3 is 9.84 Å². The van der Waals surface area contributed by atoms with Gasteiger partial charge in [-0.25, -0.2) is 9.78 Å². The fourth-order valence-electron chi connectivity index (χ4n) is 1.33. The standard InChI is InChI=1S/C11H14F3NO3S/c1-10(2,3)8-7(9(16)17)19-6(15-8)4-18-5-11(12,13)14/h4-5H2,1-3H3,(H,16,17). The van der Waals surface area contributed by atoms with Gasteiger partial charge in [0.1, 0.15) is 16.5 Å². The molecule has 0 aliphatic heterocycles. The van der Waals surface area contributed by atoms with Gasteiger partial charge in [0.05, 0.1) is 12.3 Å². The minimum Gasteiger partial charge on any atom is -0.477 e. The number of hydrogen-bond acceptors (Lipinski definition) is 4. The average molecular weight is 297 g/mol. The Bertz CT molecular complexity index is 463. The van der Waals surface area contributed by atoms with Gasteiger partial charge in [0, 0.05) is 5.41 Å². The van der Waals surface area contributed by atoms with Crippen molar-refractivity contribution in [2.24, 2.45) is 0 Å². The van der Waals surface area contributed by atoms with Crippen LogP contribution < -0.4 is 0 Å². The van der Waals surface area contributed by atoms with Crippen LogP contribution in [0, 0.1) is 0 Å². The molecule has 0 radical (unpaired) electrons. The zero-order valence-corrected chi connectivity index (χ0v) is 11.5. The lowest BCUT2D eigenvalue weighted by Crippen LogP contribution is -2.17. The number of hydrogen-bond donors (Lipinski definition) is 1. The topological polar surface area (TPSA) is 59.4 Å². The van der Waals surface area contributed by atoms with E-state index in [1.165, 1.54) is 0 Å². The van der Waals surface area contributed by atoms with Crippen LogP contribution in [0.1, 0.15) is 41.1 Å². The number of carboxylic acids is 1. The molecule has 0 unspecified atom stereocenters. The zero-order valence-electron chi connectivity index (χ0n) is 10.7. The molecule has 0 bridgehead atoms. The molecule has 0 atom stereocenters. The Morgan fingerprint density at radius 1 is 1.37 bits per heavy atom. The van der Waals surface area contributed by atoms with E-state index in [-0.39, 0.29) is 16.5 Å². The van der Waals surface area contributed by atoms with E-state index in [4.69, 9.17) is 5.11 Å². The van der Waals surface area contributed by atoms with Crippen molar-refractivity contribution in [1.82, 2.24) is 4.98 Å². The van der Waals surface area contributed by atoms with E-state index in [1.54, 1.807) is 20.8 Å². The minimum atomic E-state index is -4.40. The van der Waals surface area contributed by atoms with Gasteiger partial charge in [-0.3, -0.25) is 0 Å². The maximum absolute atomic E-state index is 11.9. The summed E-state index contributed by atoms with van der Waals surface area (Å²) in [6.07, 6.45) is -4.40. The molecule has 4 nitrogen and oxygen atoms in total. The van der Waals surface area contributed by atoms with Crippen molar-refractivity contribution in [2.75, 3.05) is 6.61 Å². The smallest absolute Gasteiger partial charge is 0.411 e. The summed E-state index contributed by atoms with van der Waals surface area (Å²) in [6.45, 7) is 3.64. The number of carboxylic acid groups (broad SMARTS) is 1. The number of carbonyl (C=O) groups is 1. The fourth-order valence-corrected chi connectivity index (χ4v) is 2.38. The van der Waals surface area contributed by atoms with E-state index < -0.39 is 24.2 Å². The summed E-state index contributed by atoms with van der Waals surface area (Å²) in [6, 6.07) is 0. The first-order valence-electron chi connectivity index (χ1n) is 5.38. The minimum absolute atomic E-state index is 0.0399. The van der Waals surface area contributed by atoms with Gasteiger partial charge in [-0.05, 0) is 0 Å². The Morgan fingerprint density at radius 2 is 1.95 bits per heavy atom. The Balaban J connectivity index is 2.85. The van der Waals surface area contributed by atoms with Crippen LogP contribution in [0.3, 0.4) is 0 Å². The molecule has 1 aromatic rings. The van der Waals surface area contributed by atoms with Crippen LogP contribution in [0.25, 0.3) is 0 Å². The summed E-state index contributed by atoms with van der Waals surface area (Å²) in [5, 5.41) is 9.27. The Labute approximate surface area is 112 Å². The van der Waals surface area contributed by atoms with Crippen molar-refractivity contribution in [3.63, 3.8) is 0 Å². The third-order valence-electron chi connectivity index (χ3n) is 2.07. The lowest BCUT2D eigenvalue weighted by atomic mass is 9.91. The van der Waals surface area contributed by atoms with Crippen molar-refractivity contribution in [3.8, 4) is 0 Å². The molecule has 1 rings (SSSR count). The maximum atomic E-state index is 11.9. The third kappa shape index (κ3) is 4.79. The number of aromatic carboxylic acids is 1. The Hall–Kier alpha value is -1.15. The van der Waals surface area contributed by atoms with Gasteiger partial charge in [0.25, 0.3) is 0 Å². The fraction of sp³-hybridized carbons (Fsp3) is 0.636. The first kappa shape index (κ1) is 15.9. The van der Waals surface area contributed by atoms with Crippen molar-refractivity contribution >= 4 is 17.3 Å². The van der Waals surface area contributed by atoms with Gasteiger partial charge >= 0.3 is 12.1 Å². The number of alkyl halides is 3. The molecule has 19 heavy (non-hydrogen) atoms. The molecule has 0 amide bonds. The van der Waals surface area contributed by atoms with Gasteiger partial charge in [-0.1, -0.05) is 20.8 Å². The number of thiazole rings is 1. The van der Waals surface area contributed by atoms with Crippen LogP contribution in [-0.4, -0.2) is 28.8 Å². The second-order valence-corrected chi connectivity index (χ2v) is 6.03. The molecule has 1 N–H and O–H groups in total. The second kappa shape index (κ2) is 5.46. The monoisotopic (exact) mass is 297 g/mol. The van der Waals surface area contributed by atoms with Crippen LogP contribution in [0.15, 0.2) is 0 Å². The molecule has 1 aromatic heterocycles. The summed E-state index contributed by atoms with van der Waals surface area (Å²) >= 11 is 0.842. The Morgan fingerprint density at radius 3 is 2.32 bits per heavy atom. The van der Waals surface area contributed by atoms with Crippen LogP contribution >= 0.6 is 11.3 Å². The van der Waals surface area contributed by atoms with Crippen molar-refractivity contribution in [3.05, 3.63) is 15.6 Å². The molecule has 0 fully saturated rings. The lowest BCUT2D eigenvalue weighted by molar-refractivity contribution is -0.176. The first-order chi connectivity index (χ1) is 8.50. The van der Waals surface area contributed by atoms with Crippen LogP contribution in [0.2, 0.25) is 0 Å². The highest BCUT2D eigenvalue weighted by Gasteiger charge is 2.29. The highest BCUT2D eigenvalue weighted by atomic mass is 32.1. The molecule has 0 spiro atoms. The summed E-state index contributed by atoms with van der Waals surface area (Å²) in [5.41, 5.74) is -0.137. The summed E-state index contributed by atoms with van der Waals surface area (Å²) in [7, 11) is 0. The summed E-state index contributed by atoms with van der Waals surface area (Å²) < 4.78 is 40.2. The van der Waals surface area contributed by atoms with Gasteiger partial charge in [0.2, 0.25) is 0 Å². The van der Waals surface area contributed by atoms with Gasteiger partial charge in [-0.15, -0.1) is 11.3 Å². The summed E-state index contributed by atoms with van der Waals surface area (Å²) in [4.78, 5) is 15.2. The highest BCUT2D eigenvalue weighted by molar-refractivity contribution is 7.13. The predicted molar refractivity (Wildman–Crippen MR) is 63.5 cm³/mol. The molecule has 0 saturated carbocycles. The zero-order chi connectivity index (χ0) is 14.8. The molecule has 0 aliphatic rings. The molecule has 0 aliphatic carbocycles. The average Bonchev–Trinajstić information content (AvgIpc) is 2.59. The SMILES string of the molecule is CC(C)(C)c1nc(COCC(F)(F)F)sc1C(=O)O. The highest BCUT2D eigenvalue weighted by Crippen LogP contribution is 2.30. The van der Waals surface area contributed by atoms with Crippen LogP contribution in [-0.2, 0) is 16.8 Å². The number of nitrogens with zero attached hydrogens (tertiary/aromatic N) is 1. The lowest BCUT2D eigenvalue weighted by Gasteiger charge is -2.16. The molecule has 1 heterocycles.